The van der Waals surface area contributed by atoms with Gasteiger partial charge in [0.2, 0.25) is 0 Å². The molecule has 15 heteroatoms. The zero-order chi connectivity index (χ0) is 35.1. The van der Waals surface area contributed by atoms with Crippen LogP contribution in [0.2, 0.25) is 0 Å². The number of amides is 3. The molecule has 0 aliphatic carbocycles. The van der Waals surface area contributed by atoms with Crippen molar-refractivity contribution in [3.63, 3.8) is 0 Å². The highest BCUT2D eigenvalue weighted by molar-refractivity contribution is 5.99. The van der Waals surface area contributed by atoms with E-state index in [0.717, 1.165) is 0 Å². The summed E-state index contributed by atoms with van der Waals surface area (Å²) in [4.78, 5) is 71.7. The van der Waals surface area contributed by atoms with Crippen LogP contribution in [-0.4, -0.2) is 32.5 Å². The fraction of sp³-hybridized carbons (Fsp3) is 0.182. The first kappa shape index (κ1) is 34.4. The van der Waals surface area contributed by atoms with Gasteiger partial charge in [0.05, 0.1) is 14.8 Å². The zero-order valence-corrected chi connectivity index (χ0v) is 26.1. The highest BCUT2D eigenvalue weighted by atomic mass is 16.6. The molecule has 0 heterocycles. The van der Waals surface area contributed by atoms with Crippen LogP contribution in [0.4, 0.5) is 17.1 Å². The number of benzene rings is 4. The summed E-state index contributed by atoms with van der Waals surface area (Å²) in [7, 11) is 0. The summed E-state index contributed by atoms with van der Waals surface area (Å²) in [6, 6.07) is 16.5. The van der Waals surface area contributed by atoms with Crippen LogP contribution >= 0.6 is 0 Å². The Morgan fingerprint density at radius 2 is 0.708 bits per heavy atom. The predicted molar refractivity (Wildman–Crippen MR) is 173 cm³/mol. The minimum absolute atomic E-state index is 0.0843. The van der Waals surface area contributed by atoms with Crippen molar-refractivity contribution in [3.05, 3.63) is 153 Å². The molecule has 3 amide bonds. The van der Waals surface area contributed by atoms with E-state index in [-0.39, 0.29) is 53.4 Å². The fourth-order valence-corrected chi connectivity index (χ4v) is 5.45. The molecule has 4 rings (SSSR count). The van der Waals surface area contributed by atoms with Crippen LogP contribution in [-0.2, 0) is 19.6 Å². The van der Waals surface area contributed by atoms with Crippen LogP contribution < -0.4 is 16.0 Å². The van der Waals surface area contributed by atoms with E-state index in [1.54, 1.807) is 20.8 Å². The lowest BCUT2D eigenvalue weighted by atomic mass is 9.87. The standard InChI is InChI=1S/C33H30N6O9/c1-19-25(16-34-31(40)22-10-4-7-13-28(22)37(43)44)20(2)27(18-36-33(42)24-12-6-9-15-30(24)39(47)48)21(3)26(19)17-35-32(41)23-11-5-8-14-29(23)38(45)46/h4-15H,16-18H2,1-3H3,(H,34,40)(H,35,41)(H,36,42). The molecule has 15 nitrogen and oxygen atoms in total. The van der Waals surface area contributed by atoms with E-state index in [1.165, 1.54) is 72.8 Å². The summed E-state index contributed by atoms with van der Waals surface area (Å²) in [6.45, 7) is 5.02. The van der Waals surface area contributed by atoms with Gasteiger partial charge in [0, 0.05) is 37.8 Å². The van der Waals surface area contributed by atoms with Gasteiger partial charge in [-0.05, 0) is 72.4 Å². The third kappa shape index (κ3) is 7.31. The van der Waals surface area contributed by atoms with Crippen LogP contribution in [0.5, 0.6) is 0 Å². The van der Waals surface area contributed by atoms with Crippen molar-refractivity contribution < 1.29 is 29.2 Å². The van der Waals surface area contributed by atoms with Crippen molar-refractivity contribution in [1.82, 2.24) is 16.0 Å². The Hall–Kier alpha value is -6.51. The zero-order valence-electron chi connectivity index (χ0n) is 26.1. The Labute approximate surface area is 273 Å². The predicted octanol–water partition coefficient (Wildman–Crippen LogP) is 5.13. The van der Waals surface area contributed by atoms with Gasteiger partial charge in [-0.3, -0.25) is 44.7 Å². The SMILES string of the molecule is Cc1c(CNC(=O)c2ccccc2[N+](=O)[O-])c(C)c(CNC(=O)c2ccccc2[N+](=O)[O-])c(C)c1CNC(=O)c1ccccc1[N+](=O)[O-]. The molecule has 0 bridgehead atoms. The molecule has 0 radical (unpaired) electrons. The molecule has 0 spiro atoms. The second-order valence-corrected chi connectivity index (χ2v) is 10.7. The van der Waals surface area contributed by atoms with E-state index >= 15 is 0 Å². The van der Waals surface area contributed by atoms with Crippen LogP contribution in [0.25, 0.3) is 0 Å². The second-order valence-electron chi connectivity index (χ2n) is 10.7. The van der Waals surface area contributed by atoms with Gasteiger partial charge in [0.1, 0.15) is 16.7 Å². The van der Waals surface area contributed by atoms with Crippen molar-refractivity contribution in [2.24, 2.45) is 0 Å². The molecule has 48 heavy (non-hydrogen) atoms. The first-order valence-corrected chi connectivity index (χ1v) is 14.5. The number of carbonyl (C=O) groups excluding carboxylic acids is 3. The normalized spacial score (nSPS) is 10.6. The molecule has 0 fully saturated rings. The summed E-state index contributed by atoms with van der Waals surface area (Å²) in [5.41, 5.74) is 2.22. The average Bonchev–Trinajstić information content (AvgIpc) is 3.07. The van der Waals surface area contributed by atoms with Crippen molar-refractivity contribution >= 4 is 34.8 Å². The van der Waals surface area contributed by atoms with Crippen LogP contribution in [0.3, 0.4) is 0 Å². The Morgan fingerprint density at radius 3 is 0.938 bits per heavy atom. The van der Waals surface area contributed by atoms with E-state index < -0.39 is 32.5 Å². The number of hydrogen-bond acceptors (Lipinski definition) is 9. The smallest absolute Gasteiger partial charge is 0.282 e. The van der Waals surface area contributed by atoms with Crippen LogP contribution in [0, 0.1) is 51.1 Å². The number of hydrogen-bond donors (Lipinski definition) is 3. The number of nitro groups is 3. The first-order chi connectivity index (χ1) is 22.8. The fourth-order valence-electron chi connectivity index (χ4n) is 5.45. The number of nitrogens with zero attached hydrogens (tertiary/aromatic N) is 3. The highest BCUT2D eigenvalue weighted by Crippen LogP contribution is 2.29. The monoisotopic (exact) mass is 654 g/mol. The molecule has 3 N–H and O–H groups in total. The quantitative estimate of drug-likeness (QED) is 0.136. The maximum atomic E-state index is 13.1. The molecule has 0 aromatic heterocycles. The molecular formula is C33H30N6O9. The minimum Gasteiger partial charge on any atom is -0.348 e. The molecule has 0 saturated carbocycles. The summed E-state index contributed by atoms with van der Waals surface area (Å²) < 4.78 is 0. The Balaban J connectivity index is 1.70. The summed E-state index contributed by atoms with van der Waals surface area (Å²) in [6.07, 6.45) is 0. The Morgan fingerprint density at radius 1 is 0.479 bits per heavy atom. The van der Waals surface area contributed by atoms with Crippen molar-refractivity contribution in [1.29, 1.82) is 0 Å². The molecule has 0 unspecified atom stereocenters. The first-order valence-electron chi connectivity index (χ1n) is 14.5. The molecule has 0 atom stereocenters. The lowest BCUT2D eigenvalue weighted by molar-refractivity contribution is -0.385. The van der Waals surface area contributed by atoms with E-state index in [4.69, 9.17) is 0 Å². The largest absolute Gasteiger partial charge is 0.348 e. The van der Waals surface area contributed by atoms with E-state index in [1.807, 2.05) is 0 Å². The van der Waals surface area contributed by atoms with Gasteiger partial charge >= 0.3 is 0 Å². The average molecular weight is 655 g/mol. The van der Waals surface area contributed by atoms with Crippen molar-refractivity contribution in [2.45, 2.75) is 40.4 Å². The summed E-state index contributed by atoms with van der Waals surface area (Å²) in [5, 5.41) is 42.6. The molecule has 4 aromatic rings. The van der Waals surface area contributed by atoms with E-state index in [2.05, 4.69) is 16.0 Å². The molecular weight excluding hydrogens is 624 g/mol. The second kappa shape index (κ2) is 14.7. The third-order valence-electron chi connectivity index (χ3n) is 8.03. The molecule has 246 valence electrons. The van der Waals surface area contributed by atoms with Gasteiger partial charge in [-0.25, -0.2) is 0 Å². The van der Waals surface area contributed by atoms with Crippen LogP contribution in [0.1, 0.15) is 64.5 Å². The van der Waals surface area contributed by atoms with Crippen molar-refractivity contribution in [3.8, 4) is 0 Å². The van der Waals surface area contributed by atoms with Crippen molar-refractivity contribution in [2.75, 3.05) is 0 Å². The molecule has 0 aliphatic heterocycles. The lowest BCUT2D eigenvalue weighted by Crippen LogP contribution is -2.29. The highest BCUT2D eigenvalue weighted by Gasteiger charge is 2.25. The number of rotatable bonds is 12. The minimum atomic E-state index is -0.695. The summed E-state index contributed by atoms with van der Waals surface area (Å²) >= 11 is 0. The van der Waals surface area contributed by atoms with Gasteiger partial charge in [0.15, 0.2) is 0 Å². The maximum absolute atomic E-state index is 13.1. The van der Waals surface area contributed by atoms with Gasteiger partial charge in [-0.1, -0.05) is 36.4 Å². The Kier molecular flexibility index (Phi) is 10.5. The number of nitro benzene ring substituents is 3. The van der Waals surface area contributed by atoms with E-state index in [0.29, 0.717) is 33.4 Å². The van der Waals surface area contributed by atoms with Gasteiger partial charge in [-0.15, -0.1) is 0 Å². The third-order valence-corrected chi connectivity index (χ3v) is 8.03. The number of nitrogens with one attached hydrogen (secondary N) is 3. The van der Waals surface area contributed by atoms with Crippen LogP contribution in [0.15, 0.2) is 72.8 Å². The number of para-hydroxylation sites is 3. The van der Waals surface area contributed by atoms with Gasteiger partial charge in [-0.2, -0.15) is 0 Å². The molecule has 0 aliphatic rings. The molecule has 0 saturated heterocycles. The lowest BCUT2D eigenvalue weighted by Gasteiger charge is -2.23. The van der Waals surface area contributed by atoms with Gasteiger partial charge in [0.25, 0.3) is 34.8 Å². The topological polar surface area (TPSA) is 217 Å². The van der Waals surface area contributed by atoms with E-state index in [9.17, 15) is 44.7 Å². The summed E-state index contributed by atoms with van der Waals surface area (Å²) in [5.74, 6) is -2.09. The molecule has 4 aromatic carbocycles. The number of carbonyl (C=O) groups is 3. The van der Waals surface area contributed by atoms with Gasteiger partial charge < -0.3 is 16.0 Å². The Bertz CT molecular complexity index is 1730. The maximum Gasteiger partial charge on any atom is 0.282 e.